The lowest BCUT2D eigenvalue weighted by molar-refractivity contribution is -0.116. The van der Waals surface area contributed by atoms with Gasteiger partial charge in [0.2, 0.25) is 22.4 Å². The maximum atomic E-state index is 11.5. The molecular weight excluding hydrogens is 263 g/mol. The average molecular weight is 277 g/mol. The summed E-state index contributed by atoms with van der Waals surface area (Å²) in [6.45, 7) is 2.12. The van der Waals surface area contributed by atoms with E-state index in [1.165, 1.54) is 0 Å². The number of amides is 1. The van der Waals surface area contributed by atoms with Gasteiger partial charge in [-0.1, -0.05) is 26.2 Å². The Morgan fingerprint density at radius 3 is 2.35 bits per heavy atom. The second kappa shape index (κ2) is 7.40. The van der Waals surface area contributed by atoms with E-state index in [-0.39, 0.29) is 22.4 Å². The van der Waals surface area contributed by atoms with Gasteiger partial charge in [0.25, 0.3) is 0 Å². The third kappa shape index (κ3) is 5.79. The third-order valence-corrected chi connectivity index (χ3v) is 2.43. The number of hydrogen-bond donors (Lipinski definition) is 1. The van der Waals surface area contributed by atoms with E-state index in [2.05, 4.69) is 27.2 Å². The van der Waals surface area contributed by atoms with Crippen molar-refractivity contribution < 1.29 is 4.79 Å². The predicted octanol–water partition coefficient (Wildman–Crippen LogP) is 3.09. The van der Waals surface area contributed by atoms with Crippen molar-refractivity contribution in [1.82, 2.24) is 15.0 Å². The molecule has 94 valence electrons. The first-order chi connectivity index (χ1) is 8.11. The lowest BCUT2D eigenvalue weighted by atomic mass is 10.1. The number of unbranched alkanes of at least 4 members (excludes halogenated alkanes) is 3. The summed E-state index contributed by atoms with van der Waals surface area (Å²) in [5.41, 5.74) is 0. The molecule has 0 aliphatic rings. The topological polar surface area (TPSA) is 67.8 Å². The standard InChI is InChI=1S/C10H14Cl2N4O/c1-2-3-4-5-6-7(17)13-10-15-8(11)14-9(12)16-10/h2-6H2,1H3,(H,13,14,15,16,17). The Morgan fingerprint density at radius 2 is 1.76 bits per heavy atom. The first-order valence-corrected chi connectivity index (χ1v) is 6.24. The van der Waals surface area contributed by atoms with Gasteiger partial charge in [-0.15, -0.1) is 0 Å². The van der Waals surface area contributed by atoms with Crippen molar-refractivity contribution >= 4 is 35.1 Å². The van der Waals surface area contributed by atoms with Crippen LogP contribution in [0.5, 0.6) is 0 Å². The molecule has 1 N–H and O–H groups in total. The summed E-state index contributed by atoms with van der Waals surface area (Å²) in [5.74, 6) is -0.0464. The average Bonchev–Trinajstić information content (AvgIpc) is 2.23. The number of rotatable bonds is 6. The number of carbonyl (C=O) groups is 1. The molecule has 0 aliphatic heterocycles. The zero-order valence-electron chi connectivity index (χ0n) is 9.54. The van der Waals surface area contributed by atoms with E-state index in [1.54, 1.807) is 0 Å². The number of aromatic nitrogens is 3. The predicted molar refractivity (Wildman–Crippen MR) is 67.2 cm³/mol. The van der Waals surface area contributed by atoms with Crippen LogP contribution < -0.4 is 5.32 Å². The van der Waals surface area contributed by atoms with Gasteiger partial charge in [-0.05, 0) is 29.6 Å². The van der Waals surface area contributed by atoms with Crippen LogP contribution in [-0.2, 0) is 4.79 Å². The minimum absolute atomic E-state index is 0.0358. The summed E-state index contributed by atoms with van der Waals surface area (Å²) < 4.78 is 0. The molecule has 7 heteroatoms. The molecule has 17 heavy (non-hydrogen) atoms. The SMILES string of the molecule is CCCCCCC(=O)Nc1nc(Cl)nc(Cl)n1. The van der Waals surface area contributed by atoms with Gasteiger partial charge in [-0.2, -0.15) is 15.0 Å². The van der Waals surface area contributed by atoms with Crippen LogP contribution in [0.4, 0.5) is 5.95 Å². The van der Waals surface area contributed by atoms with Crippen molar-refractivity contribution in [3.63, 3.8) is 0 Å². The Hall–Kier alpha value is -0.940. The number of anilines is 1. The molecule has 0 fully saturated rings. The van der Waals surface area contributed by atoms with Crippen molar-refractivity contribution in [2.24, 2.45) is 0 Å². The van der Waals surface area contributed by atoms with Crippen molar-refractivity contribution in [3.05, 3.63) is 10.6 Å². The molecule has 0 aliphatic carbocycles. The first-order valence-electron chi connectivity index (χ1n) is 5.48. The molecule has 0 unspecified atom stereocenters. The molecule has 0 saturated heterocycles. The van der Waals surface area contributed by atoms with Crippen LogP contribution in [0.25, 0.3) is 0 Å². The van der Waals surface area contributed by atoms with Crippen LogP contribution in [-0.4, -0.2) is 20.9 Å². The highest BCUT2D eigenvalue weighted by Gasteiger charge is 2.07. The van der Waals surface area contributed by atoms with Crippen molar-refractivity contribution in [1.29, 1.82) is 0 Å². The maximum absolute atomic E-state index is 11.5. The fourth-order valence-corrected chi connectivity index (χ4v) is 1.64. The lowest BCUT2D eigenvalue weighted by Gasteiger charge is -2.03. The Balaban J connectivity index is 2.39. The summed E-state index contributed by atoms with van der Waals surface area (Å²) in [6.07, 6.45) is 4.62. The van der Waals surface area contributed by atoms with Crippen LogP contribution in [0.2, 0.25) is 10.6 Å². The number of hydrogen-bond acceptors (Lipinski definition) is 4. The second-order valence-electron chi connectivity index (χ2n) is 3.56. The summed E-state index contributed by atoms with van der Waals surface area (Å²) in [6, 6.07) is 0. The zero-order chi connectivity index (χ0) is 12.7. The second-order valence-corrected chi connectivity index (χ2v) is 4.23. The van der Waals surface area contributed by atoms with Crippen molar-refractivity contribution in [2.45, 2.75) is 39.0 Å². The van der Waals surface area contributed by atoms with E-state index in [1.807, 2.05) is 0 Å². The smallest absolute Gasteiger partial charge is 0.235 e. The number of nitrogens with one attached hydrogen (secondary N) is 1. The molecule has 1 aromatic heterocycles. The summed E-state index contributed by atoms with van der Waals surface area (Å²) >= 11 is 11.2. The highest BCUT2D eigenvalue weighted by atomic mass is 35.5. The summed E-state index contributed by atoms with van der Waals surface area (Å²) in [5, 5.41) is 2.46. The highest BCUT2D eigenvalue weighted by molar-refractivity contribution is 6.31. The van der Waals surface area contributed by atoms with Gasteiger partial charge in [-0.25, -0.2) is 0 Å². The molecule has 1 aromatic rings. The van der Waals surface area contributed by atoms with E-state index >= 15 is 0 Å². The highest BCUT2D eigenvalue weighted by Crippen LogP contribution is 2.10. The lowest BCUT2D eigenvalue weighted by Crippen LogP contribution is -2.14. The monoisotopic (exact) mass is 276 g/mol. The van der Waals surface area contributed by atoms with E-state index < -0.39 is 0 Å². The molecule has 1 rings (SSSR count). The van der Waals surface area contributed by atoms with Crippen LogP contribution in [0.1, 0.15) is 39.0 Å². The Morgan fingerprint density at radius 1 is 1.12 bits per heavy atom. The van der Waals surface area contributed by atoms with Crippen LogP contribution >= 0.6 is 23.2 Å². The van der Waals surface area contributed by atoms with E-state index in [0.717, 1.165) is 25.7 Å². The van der Waals surface area contributed by atoms with Crippen LogP contribution in [0.3, 0.4) is 0 Å². The molecule has 1 amide bonds. The minimum Gasteiger partial charge on any atom is -0.294 e. The van der Waals surface area contributed by atoms with E-state index in [0.29, 0.717) is 6.42 Å². The molecular formula is C10H14Cl2N4O. The van der Waals surface area contributed by atoms with Gasteiger partial charge in [0.15, 0.2) is 0 Å². The molecule has 0 bridgehead atoms. The molecule has 0 atom stereocenters. The van der Waals surface area contributed by atoms with Gasteiger partial charge in [0.05, 0.1) is 0 Å². The molecule has 0 spiro atoms. The quantitative estimate of drug-likeness (QED) is 0.811. The zero-order valence-corrected chi connectivity index (χ0v) is 11.1. The van der Waals surface area contributed by atoms with E-state index in [4.69, 9.17) is 23.2 Å². The van der Waals surface area contributed by atoms with Gasteiger partial charge in [0, 0.05) is 6.42 Å². The Kier molecular flexibility index (Phi) is 6.15. The molecule has 1 heterocycles. The van der Waals surface area contributed by atoms with Gasteiger partial charge >= 0.3 is 0 Å². The summed E-state index contributed by atoms with van der Waals surface area (Å²) in [4.78, 5) is 22.6. The Bertz CT molecular complexity index is 366. The van der Waals surface area contributed by atoms with Crippen LogP contribution in [0.15, 0.2) is 0 Å². The first kappa shape index (κ1) is 14.1. The molecule has 5 nitrogen and oxygen atoms in total. The molecule has 0 radical (unpaired) electrons. The van der Waals surface area contributed by atoms with Crippen LogP contribution in [0, 0.1) is 0 Å². The number of carbonyl (C=O) groups excluding carboxylic acids is 1. The molecule has 0 aromatic carbocycles. The van der Waals surface area contributed by atoms with Crippen molar-refractivity contribution in [3.8, 4) is 0 Å². The fraction of sp³-hybridized carbons (Fsp3) is 0.600. The third-order valence-electron chi connectivity index (χ3n) is 2.09. The summed E-state index contributed by atoms with van der Waals surface area (Å²) in [7, 11) is 0. The number of halogens is 2. The Labute approximate surface area is 110 Å². The molecule has 0 saturated carbocycles. The largest absolute Gasteiger partial charge is 0.294 e. The fourth-order valence-electron chi connectivity index (χ4n) is 1.28. The van der Waals surface area contributed by atoms with Gasteiger partial charge in [0.1, 0.15) is 0 Å². The van der Waals surface area contributed by atoms with Gasteiger partial charge in [-0.3, -0.25) is 10.1 Å². The maximum Gasteiger partial charge on any atom is 0.235 e. The van der Waals surface area contributed by atoms with Gasteiger partial charge < -0.3 is 0 Å². The normalized spacial score (nSPS) is 10.3. The number of nitrogens with zero attached hydrogens (tertiary/aromatic N) is 3. The van der Waals surface area contributed by atoms with E-state index in [9.17, 15) is 4.79 Å². The minimum atomic E-state index is -0.139. The van der Waals surface area contributed by atoms with Crippen molar-refractivity contribution in [2.75, 3.05) is 5.32 Å².